The number of nitriles is 1. The normalized spacial score (nSPS) is 14.5. The molecule has 1 amide bonds. The Labute approximate surface area is 182 Å². The summed E-state index contributed by atoms with van der Waals surface area (Å²) in [5.74, 6) is 0.0515. The molecule has 4 rings (SSSR count). The number of rotatable bonds is 3. The molecule has 0 spiro atoms. The van der Waals surface area contributed by atoms with E-state index in [0.717, 1.165) is 51.7 Å². The number of thiophene rings is 1. The van der Waals surface area contributed by atoms with E-state index in [0.29, 0.717) is 17.0 Å². The summed E-state index contributed by atoms with van der Waals surface area (Å²) in [6.07, 6.45) is 0.900. The molecule has 5 nitrogen and oxygen atoms in total. The number of hydrogen-bond donors (Lipinski definition) is 0. The van der Waals surface area contributed by atoms with Crippen LogP contribution in [0.15, 0.2) is 36.4 Å². The molecule has 148 valence electrons. The second-order valence-corrected chi connectivity index (χ2v) is 9.54. The van der Waals surface area contributed by atoms with E-state index in [2.05, 4.69) is 16.0 Å². The van der Waals surface area contributed by atoms with E-state index in [1.54, 1.807) is 0 Å². The quantitative estimate of drug-likeness (QED) is 0.569. The standard InChI is InChI=1S/C21H19ClN4OS2/c1-14-19(29-20(24-14)17-7-8-18(22)28-17)21(27)26-10-2-9-25(11-12-26)16-5-3-15(13-23)4-6-16/h3-8H,2,9-12H2,1H3. The van der Waals surface area contributed by atoms with Crippen LogP contribution in [0.5, 0.6) is 0 Å². The van der Waals surface area contributed by atoms with Crippen molar-refractivity contribution >= 4 is 45.9 Å². The monoisotopic (exact) mass is 442 g/mol. The van der Waals surface area contributed by atoms with Crippen LogP contribution in [0, 0.1) is 18.3 Å². The highest BCUT2D eigenvalue weighted by molar-refractivity contribution is 7.24. The Morgan fingerprint density at radius 1 is 1.10 bits per heavy atom. The van der Waals surface area contributed by atoms with E-state index in [9.17, 15) is 4.79 Å². The van der Waals surface area contributed by atoms with Crippen LogP contribution in [0.25, 0.3) is 9.88 Å². The van der Waals surface area contributed by atoms with Gasteiger partial charge in [0.1, 0.15) is 9.88 Å². The Balaban J connectivity index is 1.47. The average Bonchev–Trinajstić information content (AvgIpc) is 3.24. The highest BCUT2D eigenvalue weighted by atomic mass is 35.5. The Morgan fingerprint density at radius 2 is 1.90 bits per heavy atom. The Morgan fingerprint density at radius 3 is 2.59 bits per heavy atom. The summed E-state index contributed by atoms with van der Waals surface area (Å²) < 4.78 is 0.719. The zero-order valence-electron chi connectivity index (χ0n) is 15.9. The predicted octanol–water partition coefficient (Wildman–Crippen LogP) is 5.06. The van der Waals surface area contributed by atoms with Crippen LogP contribution in [-0.4, -0.2) is 42.0 Å². The van der Waals surface area contributed by atoms with Gasteiger partial charge in [-0.15, -0.1) is 22.7 Å². The lowest BCUT2D eigenvalue weighted by atomic mass is 10.2. The molecule has 1 aliphatic rings. The molecule has 0 atom stereocenters. The number of benzene rings is 1. The van der Waals surface area contributed by atoms with Gasteiger partial charge < -0.3 is 9.80 Å². The maximum Gasteiger partial charge on any atom is 0.265 e. The van der Waals surface area contributed by atoms with Crippen molar-refractivity contribution in [1.82, 2.24) is 9.88 Å². The summed E-state index contributed by atoms with van der Waals surface area (Å²) in [7, 11) is 0. The van der Waals surface area contributed by atoms with E-state index < -0.39 is 0 Å². The third-order valence-electron chi connectivity index (χ3n) is 4.92. The lowest BCUT2D eigenvalue weighted by Gasteiger charge is -2.23. The molecule has 2 aromatic heterocycles. The molecule has 0 N–H and O–H groups in total. The van der Waals surface area contributed by atoms with Gasteiger partial charge in [-0.3, -0.25) is 4.79 Å². The molecule has 0 bridgehead atoms. The number of carbonyl (C=O) groups excluding carboxylic acids is 1. The molecule has 0 radical (unpaired) electrons. The number of halogens is 1. The van der Waals surface area contributed by atoms with Crippen LogP contribution in [0.3, 0.4) is 0 Å². The average molecular weight is 443 g/mol. The number of amides is 1. The highest BCUT2D eigenvalue weighted by Gasteiger charge is 2.24. The molecule has 0 saturated carbocycles. The zero-order chi connectivity index (χ0) is 20.4. The molecule has 3 aromatic rings. The van der Waals surface area contributed by atoms with E-state index in [1.165, 1.54) is 22.7 Å². The van der Waals surface area contributed by atoms with Gasteiger partial charge in [0.25, 0.3) is 5.91 Å². The molecule has 1 aliphatic heterocycles. The number of hydrogen-bond acceptors (Lipinski definition) is 6. The van der Waals surface area contributed by atoms with Crippen LogP contribution in [0.4, 0.5) is 5.69 Å². The molecule has 3 heterocycles. The van der Waals surface area contributed by atoms with Crippen LogP contribution in [0.1, 0.15) is 27.3 Å². The lowest BCUT2D eigenvalue weighted by Crippen LogP contribution is -2.35. The molecule has 1 saturated heterocycles. The summed E-state index contributed by atoms with van der Waals surface area (Å²) in [4.78, 5) is 23.7. The first-order chi connectivity index (χ1) is 14.0. The molecule has 0 unspecified atom stereocenters. The summed E-state index contributed by atoms with van der Waals surface area (Å²) in [6.45, 7) is 4.93. The first kappa shape index (κ1) is 19.9. The largest absolute Gasteiger partial charge is 0.370 e. The predicted molar refractivity (Wildman–Crippen MR) is 119 cm³/mol. The number of aryl methyl sites for hydroxylation is 1. The second kappa shape index (κ2) is 8.54. The van der Waals surface area contributed by atoms with Gasteiger partial charge in [-0.2, -0.15) is 5.26 Å². The second-order valence-electron chi connectivity index (χ2n) is 6.83. The number of nitrogens with zero attached hydrogens (tertiary/aromatic N) is 4. The van der Waals surface area contributed by atoms with Crippen molar-refractivity contribution in [3.8, 4) is 16.0 Å². The van der Waals surface area contributed by atoms with Crippen molar-refractivity contribution in [2.75, 3.05) is 31.1 Å². The topological polar surface area (TPSA) is 60.2 Å². The number of aromatic nitrogens is 1. The van der Waals surface area contributed by atoms with Gasteiger partial charge in [-0.1, -0.05) is 11.6 Å². The minimum atomic E-state index is 0.0515. The third kappa shape index (κ3) is 4.30. The SMILES string of the molecule is Cc1nc(-c2ccc(Cl)s2)sc1C(=O)N1CCCN(c2ccc(C#N)cc2)CC1. The van der Waals surface area contributed by atoms with Gasteiger partial charge in [0, 0.05) is 31.9 Å². The van der Waals surface area contributed by atoms with Crippen LogP contribution in [0.2, 0.25) is 4.34 Å². The fourth-order valence-corrected chi connectivity index (χ4v) is 5.53. The van der Waals surface area contributed by atoms with E-state index >= 15 is 0 Å². The maximum absolute atomic E-state index is 13.2. The summed E-state index contributed by atoms with van der Waals surface area (Å²) >= 11 is 8.96. The first-order valence-corrected chi connectivity index (χ1v) is 11.3. The van der Waals surface area contributed by atoms with Crippen molar-refractivity contribution in [2.24, 2.45) is 0 Å². The van der Waals surface area contributed by atoms with Crippen molar-refractivity contribution in [2.45, 2.75) is 13.3 Å². The summed E-state index contributed by atoms with van der Waals surface area (Å²) in [6, 6.07) is 13.6. The van der Waals surface area contributed by atoms with E-state index in [-0.39, 0.29) is 5.91 Å². The third-order valence-corrected chi connectivity index (χ3v) is 7.47. The zero-order valence-corrected chi connectivity index (χ0v) is 18.3. The molecular formula is C21H19ClN4OS2. The van der Waals surface area contributed by atoms with E-state index in [1.807, 2.05) is 48.2 Å². The fourth-order valence-electron chi connectivity index (χ4n) is 3.40. The molecule has 1 fully saturated rings. The minimum absolute atomic E-state index is 0.0515. The molecular weight excluding hydrogens is 424 g/mol. The number of thiazole rings is 1. The van der Waals surface area contributed by atoms with Crippen LogP contribution in [-0.2, 0) is 0 Å². The molecule has 8 heteroatoms. The number of anilines is 1. The van der Waals surface area contributed by atoms with Gasteiger partial charge in [0.15, 0.2) is 0 Å². The van der Waals surface area contributed by atoms with Gasteiger partial charge in [0.05, 0.1) is 26.5 Å². The van der Waals surface area contributed by atoms with E-state index in [4.69, 9.17) is 16.9 Å². The van der Waals surface area contributed by atoms with Crippen LogP contribution < -0.4 is 4.90 Å². The Kier molecular flexibility index (Phi) is 5.86. The summed E-state index contributed by atoms with van der Waals surface area (Å²) in [5, 5.41) is 9.81. The van der Waals surface area contributed by atoms with Gasteiger partial charge in [-0.05, 0) is 49.7 Å². The fraction of sp³-hybridized carbons (Fsp3) is 0.286. The van der Waals surface area contributed by atoms with Gasteiger partial charge in [0.2, 0.25) is 0 Å². The van der Waals surface area contributed by atoms with Crippen molar-refractivity contribution in [1.29, 1.82) is 5.26 Å². The lowest BCUT2D eigenvalue weighted by molar-refractivity contribution is 0.0771. The van der Waals surface area contributed by atoms with Gasteiger partial charge in [-0.25, -0.2) is 4.98 Å². The Bertz CT molecular complexity index is 1070. The molecule has 29 heavy (non-hydrogen) atoms. The van der Waals surface area contributed by atoms with Crippen molar-refractivity contribution in [3.05, 3.63) is 56.9 Å². The molecule has 0 aliphatic carbocycles. The number of carbonyl (C=O) groups is 1. The van der Waals surface area contributed by atoms with Crippen LogP contribution >= 0.6 is 34.3 Å². The van der Waals surface area contributed by atoms with Crippen molar-refractivity contribution in [3.63, 3.8) is 0 Å². The Hall–Kier alpha value is -2.40. The molecule has 1 aromatic carbocycles. The smallest absolute Gasteiger partial charge is 0.265 e. The minimum Gasteiger partial charge on any atom is -0.370 e. The summed E-state index contributed by atoms with van der Waals surface area (Å²) in [5.41, 5.74) is 2.51. The maximum atomic E-state index is 13.2. The highest BCUT2D eigenvalue weighted by Crippen LogP contribution is 2.35. The first-order valence-electron chi connectivity index (χ1n) is 9.32. The van der Waals surface area contributed by atoms with Gasteiger partial charge >= 0.3 is 0 Å². The van der Waals surface area contributed by atoms with Crippen molar-refractivity contribution < 1.29 is 4.79 Å².